The lowest BCUT2D eigenvalue weighted by Crippen LogP contribution is -2.80. The van der Waals surface area contributed by atoms with Gasteiger partial charge in [-0.25, -0.2) is 19.4 Å². The number of rotatable bonds is 10. The number of carboxylic acid groups (broad SMARTS) is 1. The van der Waals surface area contributed by atoms with Crippen LogP contribution in [0.1, 0.15) is 10.6 Å². The molecule has 2 saturated heterocycles. The minimum atomic E-state index is -1.66. The normalized spacial score (nSPS) is 20.6. The number of carbonyl (C=O) groups is 6. The number of thioether (sulfide) groups is 1. The number of amides is 6. The number of nitrogens with two attached hydrogens (primary N) is 1. The number of fused-ring (bicyclic) bond motifs is 1. The van der Waals surface area contributed by atoms with Crippen LogP contribution in [0.4, 0.5) is 15.5 Å². The summed E-state index contributed by atoms with van der Waals surface area (Å²) in [5, 5.41) is 30.1. The van der Waals surface area contributed by atoms with Gasteiger partial charge in [0.2, 0.25) is 11.8 Å². The maximum absolute atomic E-state index is 12.8. The van der Waals surface area contributed by atoms with Gasteiger partial charge in [-0.05, 0) is 17.5 Å². The number of aliphatic carboxylic acids is 1. The number of nitro groups is 1. The largest absolute Gasteiger partial charge is 0.477 e. The molecule has 3 aliphatic rings. The summed E-state index contributed by atoms with van der Waals surface area (Å²) in [5.74, 6) is -3.08. The maximum atomic E-state index is 12.8. The van der Waals surface area contributed by atoms with E-state index in [0.717, 1.165) is 27.1 Å². The average Bonchev–Trinajstić information content (AvgIpc) is 3.75. The van der Waals surface area contributed by atoms with Crippen molar-refractivity contribution in [2.24, 2.45) is 10.8 Å². The van der Waals surface area contributed by atoms with Gasteiger partial charge in [0.1, 0.15) is 29.1 Å². The number of β-lactam (4-membered cyclic amide) rings is 1. The van der Waals surface area contributed by atoms with Gasteiger partial charge in [0, 0.05) is 23.3 Å². The first-order valence-corrected chi connectivity index (χ1v) is 14.4. The molecule has 5 N–H and O–H groups in total. The molecule has 238 valence electrons. The van der Waals surface area contributed by atoms with E-state index in [1.807, 2.05) is 16.8 Å². The molecule has 21 heteroatoms. The fraction of sp³-hybridized carbons (Fsp3) is 0.292. The summed E-state index contributed by atoms with van der Waals surface area (Å²) in [6.45, 7) is -0.524. The molecule has 2 aromatic rings. The number of carboxylic acids is 1. The van der Waals surface area contributed by atoms with Gasteiger partial charge in [0.15, 0.2) is 5.76 Å². The molecular formula is C24H23N7O12S2. The number of imide groups is 1. The van der Waals surface area contributed by atoms with E-state index in [9.17, 15) is 44.0 Å². The summed E-state index contributed by atoms with van der Waals surface area (Å²) in [6, 6.07) is 5.46. The summed E-state index contributed by atoms with van der Waals surface area (Å²) < 4.78 is 14.8. The minimum Gasteiger partial charge on any atom is -0.477 e. The van der Waals surface area contributed by atoms with Gasteiger partial charge >= 0.3 is 24.0 Å². The first-order valence-electron chi connectivity index (χ1n) is 12.5. The van der Waals surface area contributed by atoms with Crippen molar-refractivity contribution in [2.75, 3.05) is 26.0 Å². The number of hydrogen-bond donors (Lipinski definition) is 4. The molecule has 0 aromatic carbocycles. The van der Waals surface area contributed by atoms with Gasteiger partial charge in [0.05, 0.1) is 18.7 Å². The molecule has 0 spiro atoms. The summed E-state index contributed by atoms with van der Waals surface area (Å²) in [5.41, 5.74) is 3.20. The number of methoxy groups -OCH3 is 1. The number of thiophene rings is 1. The van der Waals surface area contributed by atoms with E-state index in [1.165, 1.54) is 36.3 Å². The highest BCUT2D eigenvalue weighted by atomic mass is 32.2. The standard InChI is InChI=1S/C16H17N3O7S2.C8H6N4O5/c1-25-16(18-10(20)5-9-3-2-4-27-9)13(23)19-11(12(21)22)8(6-26-15(17)24)7-28-14(16)19;13-6-4-11(8(14)10-6)9-3-5-1-2-7(17-5)12(15)16/h2-4,14H,5-7H2,1H3,(H2,17,24)(H,18,20)(H,21,22);1-3H,4H2,(H,10,13,14)/b;9-3+/t14-,16+;/m1./s1. The highest BCUT2D eigenvalue weighted by Crippen LogP contribution is 2.46. The molecule has 2 aromatic heterocycles. The van der Waals surface area contributed by atoms with Gasteiger partial charge in [-0.1, -0.05) is 6.07 Å². The molecule has 0 unspecified atom stereocenters. The summed E-state index contributed by atoms with van der Waals surface area (Å²) >= 11 is 2.60. The van der Waals surface area contributed by atoms with Crippen molar-refractivity contribution in [3.05, 3.63) is 61.7 Å². The Morgan fingerprint density at radius 1 is 1.33 bits per heavy atom. The second-order valence-corrected chi connectivity index (χ2v) is 11.1. The zero-order valence-electron chi connectivity index (χ0n) is 23.0. The van der Waals surface area contributed by atoms with Crippen LogP contribution in [-0.2, 0) is 35.1 Å². The fourth-order valence-electron chi connectivity index (χ4n) is 4.20. The molecule has 45 heavy (non-hydrogen) atoms. The smallest absolute Gasteiger partial charge is 0.433 e. The molecule has 5 rings (SSSR count). The number of ether oxygens (including phenoxy) is 2. The van der Waals surface area contributed by atoms with Gasteiger partial charge < -0.3 is 30.0 Å². The predicted molar refractivity (Wildman–Crippen MR) is 152 cm³/mol. The van der Waals surface area contributed by atoms with Crippen LogP contribution < -0.4 is 16.4 Å². The predicted octanol–water partition coefficient (Wildman–Crippen LogP) is 0.172. The Labute approximate surface area is 260 Å². The SMILES string of the molecule is CO[C@@]1(NC(=O)Cc2cccs2)C(=O)N2C(C(=O)O)=C(COC(N)=O)CS[C@@H]21.O=C1CN(/N=C/c2ccc([N+](=O)[O-])o2)C(=O)N1. The fourth-order valence-corrected chi connectivity index (χ4v) is 6.32. The third-order valence-electron chi connectivity index (χ3n) is 6.15. The third-order valence-corrected chi connectivity index (χ3v) is 8.40. The average molecular weight is 666 g/mol. The van der Waals surface area contributed by atoms with E-state index in [-0.39, 0.29) is 42.4 Å². The Kier molecular flexibility index (Phi) is 9.84. The van der Waals surface area contributed by atoms with Crippen LogP contribution in [-0.4, -0.2) is 99.1 Å². The molecule has 0 radical (unpaired) electrons. The number of hydrazone groups is 1. The highest BCUT2D eigenvalue weighted by molar-refractivity contribution is 8.00. The van der Waals surface area contributed by atoms with Crippen LogP contribution in [0.25, 0.3) is 0 Å². The van der Waals surface area contributed by atoms with Crippen LogP contribution in [0, 0.1) is 10.1 Å². The Morgan fingerprint density at radius 3 is 2.64 bits per heavy atom. The lowest BCUT2D eigenvalue weighted by molar-refractivity contribution is -0.402. The summed E-state index contributed by atoms with van der Waals surface area (Å²) in [6.07, 6.45) is 0.143. The van der Waals surface area contributed by atoms with Crippen molar-refractivity contribution in [1.82, 2.24) is 20.5 Å². The zero-order valence-corrected chi connectivity index (χ0v) is 24.6. The molecule has 3 aliphatic heterocycles. The van der Waals surface area contributed by atoms with E-state index in [1.54, 1.807) is 6.07 Å². The van der Waals surface area contributed by atoms with Gasteiger partial charge in [-0.2, -0.15) is 5.10 Å². The Bertz CT molecular complexity index is 1600. The third kappa shape index (κ3) is 7.11. The van der Waals surface area contributed by atoms with Crippen molar-refractivity contribution in [3.63, 3.8) is 0 Å². The van der Waals surface area contributed by atoms with E-state index in [2.05, 4.69) is 15.2 Å². The Hall–Kier alpha value is -5.28. The van der Waals surface area contributed by atoms with E-state index in [4.69, 9.17) is 14.9 Å². The second-order valence-electron chi connectivity index (χ2n) is 9.04. The topological polar surface area (TPSA) is 266 Å². The monoisotopic (exact) mass is 665 g/mol. The maximum Gasteiger partial charge on any atom is 0.433 e. The molecule has 0 bridgehead atoms. The first kappa shape index (κ1) is 32.6. The molecule has 6 amide bonds. The van der Waals surface area contributed by atoms with E-state index < -0.39 is 57.7 Å². The number of nitrogens with one attached hydrogen (secondary N) is 2. The van der Waals surface area contributed by atoms with E-state index in [0.29, 0.717) is 0 Å². The van der Waals surface area contributed by atoms with Gasteiger partial charge in [0.25, 0.3) is 11.6 Å². The molecule has 19 nitrogen and oxygen atoms in total. The molecule has 2 atom stereocenters. The molecule has 0 aliphatic carbocycles. The van der Waals surface area contributed by atoms with Crippen molar-refractivity contribution >= 4 is 71.0 Å². The van der Waals surface area contributed by atoms with Crippen LogP contribution in [0.2, 0.25) is 0 Å². The number of urea groups is 1. The van der Waals surface area contributed by atoms with Crippen LogP contribution in [0.5, 0.6) is 0 Å². The van der Waals surface area contributed by atoms with Crippen molar-refractivity contribution in [3.8, 4) is 0 Å². The van der Waals surface area contributed by atoms with Crippen molar-refractivity contribution in [2.45, 2.75) is 17.5 Å². The number of hydrogen-bond acceptors (Lipinski definition) is 14. The van der Waals surface area contributed by atoms with Crippen molar-refractivity contribution in [1.29, 1.82) is 0 Å². The minimum absolute atomic E-state index is 0.0762. The number of carbonyl (C=O) groups excluding carboxylic acids is 5. The van der Waals surface area contributed by atoms with Gasteiger partial charge in [-0.3, -0.25) is 34.7 Å². The number of primary amides is 1. The van der Waals surface area contributed by atoms with Crippen LogP contribution >= 0.6 is 23.1 Å². The Balaban J connectivity index is 0.000000231. The quantitative estimate of drug-likeness (QED) is 0.0659. The first-order chi connectivity index (χ1) is 21.4. The number of nitrogens with zero attached hydrogens (tertiary/aromatic N) is 4. The van der Waals surface area contributed by atoms with Crippen LogP contribution in [0.3, 0.4) is 0 Å². The van der Waals surface area contributed by atoms with E-state index >= 15 is 0 Å². The van der Waals surface area contributed by atoms with Crippen LogP contribution in [0.15, 0.2) is 50.4 Å². The number of furan rings is 1. The molecule has 2 fully saturated rings. The zero-order chi connectivity index (χ0) is 32.9. The summed E-state index contributed by atoms with van der Waals surface area (Å²) in [4.78, 5) is 81.1. The lowest BCUT2D eigenvalue weighted by atomic mass is 9.98. The Morgan fingerprint density at radius 2 is 2.09 bits per heavy atom. The van der Waals surface area contributed by atoms with Crippen molar-refractivity contribution < 1.29 is 52.7 Å². The molecule has 0 saturated carbocycles. The van der Waals surface area contributed by atoms with Gasteiger partial charge in [-0.15, -0.1) is 23.1 Å². The molecule has 5 heterocycles. The highest BCUT2D eigenvalue weighted by Gasteiger charge is 2.66. The lowest BCUT2D eigenvalue weighted by Gasteiger charge is -2.55. The molecular weight excluding hydrogens is 642 g/mol. The second kappa shape index (κ2) is 13.6. The summed E-state index contributed by atoms with van der Waals surface area (Å²) in [7, 11) is 1.27.